The summed E-state index contributed by atoms with van der Waals surface area (Å²) in [4.78, 5) is 24.3. The van der Waals surface area contributed by atoms with Gasteiger partial charge in [0.2, 0.25) is 15.8 Å². The Hall–Kier alpha value is -3.63. The summed E-state index contributed by atoms with van der Waals surface area (Å²) in [5.74, 6) is -0.424. The molecular formula is C22H22N2O7S. The highest BCUT2D eigenvalue weighted by Gasteiger charge is 2.18. The van der Waals surface area contributed by atoms with E-state index >= 15 is 0 Å². The van der Waals surface area contributed by atoms with Crippen molar-refractivity contribution in [3.05, 3.63) is 78.3 Å². The SMILES string of the molecule is CN(C)S(=O)(=O)c1cccc(NC(=O)COC(=O)c2ccc(COc3ccccc3)o2)c1. The number of furan rings is 1. The van der Waals surface area contributed by atoms with E-state index < -0.39 is 28.5 Å². The molecule has 9 nitrogen and oxygen atoms in total. The van der Waals surface area contributed by atoms with Gasteiger partial charge in [-0.1, -0.05) is 24.3 Å². The van der Waals surface area contributed by atoms with Crippen molar-refractivity contribution >= 4 is 27.6 Å². The van der Waals surface area contributed by atoms with E-state index in [-0.39, 0.29) is 22.9 Å². The molecule has 0 unspecified atom stereocenters. The van der Waals surface area contributed by atoms with Gasteiger partial charge in [0, 0.05) is 19.8 Å². The van der Waals surface area contributed by atoms with Crippen LogP contribution in [0.3, 0.4) is 0 Å². The van der Waals surface area contributed by atoms with E-state index in [2.05, 4.69) is 5.32 Å². The summed E-state index contributed by atoms with van der Waals surface area (Å²) in [6, 6.07) is 17.9. The molecule has 0 saturated heterocycles. The minimum absolute atomic E-state index is 0.0260. The summed E-state index contributed by atoms with van der Waals surface area (Å²) >= 11 is 0. The molecule has 0 aliphatic carbocycles. The number of carbonyl (C=O) groups is 2. The van der Waals surface area contributed by atoms with Crippen LogP contribution in [0.4, 0.5) is 5.69 Å². The summed E-state index contributed by atoms with van der Waals surface area (Å²) < 4.78 is 41.4. The van der Waals surface area contributed by atoms with Crippen LogP contribution in [-0.2, 0) is 26.2 Å². The largest absolute Gasteiger partial charge is 0.486 e. The van der Waals surface area contributed by atoms with Crippen molar-refractivity contribution in [2.45, 2.75) is 11.5 Å². The van der Waals surface area contributed by atoms with Crippen LogP contribution in [0.15, 0.2) is 76.0 Å². The molecule has 0 bridgehead atoms. The highest BCUT2D eigenvalue weighted by molar-refractivity contribution is 7.89. The van der Waals surface area contributed by atoms with Gasteiger partial charge in [-0.15, -0.1) is 0 Å². The molecule has 3 aromatic rings. The fourth-order valence-electron chi connectivity index (χ4n) is 2.58. The van der Waals surface area contributed by atoms with Crippen LogP contribution >= 0.6 is 0 Å². The van der Waals surface area contributed by atoms with E-state index in [1.807, 2.05) is 18.2 Å². The van der Waals surface area contributed by atoms with Crippen LogP contribution in [-0.4, -0.2) is 45.3 Å². The highest BCUT2D eigenvalue weighted by Crippen LogP contribution is 2.18. The molecule has 0 spiro atoms. The predicted octanol–water partition coefficient (Wildman–Crippen LogP) is 2.90. The highest BCUT2D eigenvalue weighted by atomic mass is 32.2. The number of rotatable bonds is 9. The van der Waals surface area contributed by atoms with Crippen molar-refractivity contribution in [1.29, 1.82) is 0 Å². The number of anilines is 1. The summed E-state index contributed by atoms with van der Waals surface area (Å²) in [6.45, 7) is -0.440. The average molecular weight is 458 g/mol. The van der Waals surface area contributed by atoms with Gasteiger partial charge in [-0.3, -0.25) is 4.79 Å². The molecule has 0 radical (unpaired) electrons. The van der Waals surface area contributed by atoms with Crippen LogP contribution in [0, 0.1) is 0 Å². The first kappa shape index (κ1) is 23.0. The third-order valence-corrected chi connectivity index (χ3v) is 6.03. The Morgan fingerprint density at radius 2 is 1.75 bits per heavy atom. The van der Waals surface area contributed by atoms with E-state index in [0.717, 1.165) is 4.31 Å². The molecule has 0 aliphatic rings. The van der Waals surface area contributed by atoms with Gasteiger partial charge in [-0.2, -0.15) is 0 Å². The minimum atomic E-state index is -3.64. The molecule has 3 rings (SSSR count). The van der Waals surface area contributed by atoms with Crippen molar-refractivity contribution < 1.29 is 31.9 Å². The second kappa shape index (κ2) is 10.1. The van der Waals surface area contributed by atoms with Gasteiger partial charge in [0.25, 0.3) is 5.91 Å². The zero-order valence-corrected chi connectivity index (χ0v) is 18.3. The maximum atomic E-state index is 12.2. The second-order valence-electron chi connectivity index (χ2n) is 6.81. The molecule has 1 N–H and O–H groups in total. The van der Waals surface area contributed by atoms with Crippen LogP contribution in [0.2, 0.25) is 0 Å². The number of para-hydroxylation sites is 1. The molecule has 1 amide bonds. The zero-order valence-electron chi connectivity index (χ0n) is 17.5. The first-order valence-corrected chi connectivity index (χ1v) is 11.0. The second-order valence-corrected chi connectivity index (χ2v) is 8.96. The fraction of sp³-hybridized carbons (Fsp3) is 0.182. The maximum absolute atomic E-state index is 12.2. The lowest BCUT2D eigenvalue weighted by atomic mass is 10.3. The minimum Gasteiger partial charge on any atom is -0.486 e. The molecule has 32 heavy (non-hydrogen) atoms. The molecule has 0 saturated carbocycles. The number of sulfonamides is 1. The molecule has 0 atom stereocenters. The normalized spacial score (nSPS) is 11.2. The van der Waals surface area contributed by atoms with Crippen molar-refractivity contribution in [3.63, 3.8) is 0 Å². The Morgan fingerprint density at radius 1 is 1.00 bits per heavy atom. The van der Waals surface area contributed by atoms with Gasteiger partial charge in [0.15, 0.2) is 6.61 Å². The lowest BCUT2D eigenvalue weighted by Gasteiger charge is -2.12. The zero-order chi connectivity index (χ0) is 23.1. The molecule has 2 aromatic carbocycles. The Morgan fingerprint density at radius 3 is 2.47 bits per heavy atom. The number of amides is 1. The lowest BCUT2D eigenvalue weighted by Crippen LogP contribution is -2.23. The van der Waals surface area contributed by atoms with Gasteiger partial charge in [-0.05, 0) is 42.5 Å². The van der Waals surface area contributed by atoms with Crippen molar-refractivity contribution in [2.75, 3.05) is 26.0 Å². The number of carbonyl (C=O) groups excluding carboxylic acids is 2. The fourth-order valence-corrected chi connectivity index (χ4v) is 3.53. The van der Waals surface area contributed by atoms with E-state index in [4.69, 9.17) is 13.9 Å². The van der Waals surface area contributed by atoms with E-state index in [9.17, 15) is 18.0 Å². The number of benzene rings is 2. The van der Waals surface area contributed by atoms with Gasteiger partial charge in [-0.25, -0.2) is 17.5 Å². The molecule has 168 valence electrons. The monoisotopic (exact) mass is 458 g/mol. The average Bonchev–Trinajstić information content (AvgIpc) is 3.26. The molecular weight excluding hydrogens is 436 g/mol. The number of hydrogen-bond donors (Lipinski definition) is 1. The number of nitrogens with one attached hydrogen (secondary N) is 1. The first-order valence-electron chi connectivity index (χ1n) is 9.52. The Bertz CT molecular complexity index is 1190. The van der Waals surface area contributed by atoms with Gasteiger partial charge >= 0.3 is 5.97 Å². The summed E-state index contributed by atoms with van der Waals surface area (Å²) in [5.41, 5.74) is 0.257. The Kier molecular flexibility index (Phi) is 7.29. The van der Waals surface area contributed by atoms with E-state index in [1.165, 1.54) is 44.4 Å². The number of esters is 1. The lowest BCUT2D eigenvalue weighted by molar-refractivity contribution is -0.119. The molecule has 0 aliphatic heterocycles. The quantitative estimate of drug-likeness (QED) is 0.490. The summed E-state index contributed by atoms with van der Waals surface area (Å²) in [6.07, 6.45) is 0. The molecule has 1 aromatic heterocycles. The molecule has 10 heteroatoms. The smallest absolute Gasteiger partial charge is 0.374 e. The van der Waals surface area contributed by atoms with Crippen LogP contribution in [0.5, 0.6) is 5.75 Å². The van der Waals surface area contributed by atoms with Gasteiger partial charge in [0.1, 0.15) is 18.1 Å². The number of ether oxygens (including phenoxy) is 2. The number of hydrogen-bond acceptors (Lipinski definition) is 7. The topological polar surface area (TPSA) is 115 Å². The van der Waals surface area contributed by atoms with Crippen LogP contribution in [0.1, 0.15) is 16.3 Å². The summed E-state index contributed by atoms with van der Waals surface area (Å²) in [5, 5.41) is 2.49. The molecule has 0 fully saturated rings. The Labute approximate surface area is 185 Å². The molecule has 1 heterocycles. The van der Waals surface area contributed by atoms with Gasteiger partial charge < -0.3 is 19.2 Å². The first-order chi connectivity index (χ1) is 15.3. The predicted molar refractivity (Wildman–Crippen MR) is 116 cm³/mol. The maximum Gasteiger partial charge on any atom is 0.374 e. The van der Waals surface area contributed by atoms with Gasteiger partial charge in [0.05, 0.1) is 4.90 Å². The van der Waals surface area contributed by atoms with Crippen LogP contribution in [0.25, 0.3) is 0 Å². The standard InChI is InChI=1S/C22H22N2O7S/c1-24(2)32(27,28)19-10-6-7-16(13-19)23-21(25)15-30-22(26)20-12-11-18(31-20)14-29-17-8-4-3-5-9-17/h3-13H,14-15H2,1-2H3,(H,23,25). The Balaban J connectivity index is 1.51. The number of nitrogens with zero attached hydrogens (tertiary/aromatic N) is 1. The third kappa shape index (κ3) is 5.96. The van der Waals surface area contributed by atoms with Crippen molar-refractivity contribution in [1.82, 2.24) is 4.31 Å². The summed E-state index contributed by atoms with van der Waals surface area (Å²) in [7, 11) is -0.822. The third-order valence-electron chi connectivity index (χ3n) is 4.22. The van der Waals surface area contributed by atoms with Crippen molar-refractivity contribution in [2.24, 2.45) is 0 Å². The van der Waals surface area contributed by atoms with Crippen LogP contribution < -0.4 is 10.1 Å². The van der Waals surface area contributed by atoms with E-state index in [1.54, 1.807) is 18.2 Å². The van der Waals surface area contributed by atoms with Crippen molar-refractivity contribution in [3.8, 4) is 5.75 Å². The van der Waals surface area contributed by atoms with E-state index in [0.29, 0.717) is 11.5 Å².